The van der Waals surface area contributed by atoms with Gasteiger partial charge in [-0.3, -0.25) is 4.79 Å². The van der Waals surface area contributed by atoms with Gasteiger partial charge in [-0.05, 0) is 56.4 Å². The van der Waals surface area contributed by atoms with Crippen LogP contribution in [0.2, 0.25) is 5.02 Å². The van der Waals surface area contributed by atoms with E-state index in [1.807, 2.05) is 26.0 Å². The maximum atomic E-state index is 12.8. The third-order valence-corrected chi connectivity index (χ3v) is 4.80. The molecule has 2 aromatic carbocycles. The van der Waals surface area contributed by atoms with Crippen molar-refractivity contribution in [2.45, 2.75) is 45.3 Å². The van der Waals surface area contributed by atoms with Crippen molar-refractivity contribution >= 4 is 17.5 Å². The van der Waals surface area contributed by atoms with Gasteiger partial charge in [0.2, 0.25) is 0 Å². The molecule has 0 fully saturated rings. The van der Waals surface area contributed by atoms with Crippen molar-refractivity contribution in [3.05, 3.63) is 58.1 Å². The maximum absolute atomic E-state index is 12.8. The van der Waals surface area contributed by atoms with Gasteiger partial charge < -0.3 is 14.8 Å². The van der Waals surface area contributed by atoms with Gasteiger partial charge in [0.25, 0.3) is 5.91 Å². The van der Waals surface area contributed by atoms with Crippen LogP contribution in [-0.4, -0.2) is 19.1 Å². The molecule has 1 amide bonds. The van der Waals surface area contributed by atoms with Crippen molar-refractivity contribution in [2.75, 3.05) is 7.11 Å². The van der Waals surface area contributed by atoms with Crippen LogP contribution in [0.25, 0.3) is 0 Å². The Bertz CT molecular complexity index is 804. The quantitative estimate of drug-likeness (QED) is 0.807. The average Bonchev–Trinajstić information content (AvgIpc) is 2.63. The minimum absolute atomic E-state index is 0.0174. The summed E-state index contributed by atoms with van der Waals surface area (Å²) in [4.78, 5) is 12.8. The van der Waals surface area contributed by atoms with E-state index in [0.717, 1.165) is 19.3 Å². The lowest BCUT2D eigenvalue weighted by Gasteiger charge is -2.26. The number of fused-ring (bicyclic) bond motifs is 1. The molecule has 4 nitrogen and oxygen atoms in total. The molecule has 1 aliphatic carbocycles. The average molecular weight is 374 g/mol. The smallest absolute Gasteiger partial charge is 0.251 e. The second kappa shape index (κ2) is 8.00. The van der Waals surface area contributed by atoms with Gasteiger partial charge in [-0.1, -0.05) is 35.9 Å². The standard InChI is InChI=1S/C21H24ClNO3/c1-13(2)26-20-17(22)11-15(12-19(20)25-3)21(24)23-18-10-6-8-14-7-4-5-9-16(14)18/h4-5,7,9,11-13,18H,6,8,10H2,1-3H3,(H,23,24)/t18-/m0/s1. The molecule has 0 radical (unpaired) electrons. The molecule has 3 rings (SSSR count). The predicted octanol–water partition coefficient (Wildman–Crippen LogP) is 4.94. The molecule has 0 unspecified atom stereocenters. The van der Waals surface area contributed by atoms with Crippen LogP contribution in [0.1, 0.15) is 54.2 Å². The van der Waals surface area contributed by atoms with E-state index < -0.39 is 0 Å². The molecule has 2 aromatic rings. The summed E-state index contributed by atoms with van der Waals surface area (Å²) >= 11 is 6.34. The molecular weight excluding hydrogens is 350 g/mol. The monoisotopic (exact) mass is 373 g/mol. The van der Waals surface area contributed by atoms with E-state index in [-0.39, 0.29) is 18.1 Å². The van der Waals surface area contributed by atoms with E-state index in [1.165, 1.54) is 18.2 Å². The lowest BCUT2D eigenvalue weighted by atomic mass is 9.87. The summed E-state index contributed by atoms with van der Waals surface area (Å²) in [5.74, 6) is 0.757. The lowest BCUT2D eigenvalue weighted by molar-refractivity contribution is 0.0932. The first kappa shape index (κ1) is 18.6. The van der Waals surface area contributed by atoms with Crippen molar-refractivity contribution in [3.8, 4) is 11.5 Å². The number of amides is 1. The van der Waals surface area contributed by atoms with E-state index in [4.69, 9.17) is 21.1 Å². The number of methoxy groups -OCH3 is 1. The summed E-state index contributed by atoms with van der Waals surface area (Å²) < 4.78 is 11.1. The highest BCUT2D eigenvalue weighted by Crippen LogP contribution is 2.37. The molecule has 0 bridgehead atoms. The third kappa shape index (κ3) is 3.96. The van der Waals surface area contributed by atoms with Crippen molar-refractivity contribution < 1.29 is 14.3 Å². The fourth-order valence-corrected chi connectivity index (χ4v) is 3.60. The molecule has 1 N–H and O–H groups in total. The Labute approximate surface area is 159 Å². The van der Waals surface area contributed by atoms with Gasteiger partial charge in [0.1, 0.15) is 0 Å². The second-order valence-corrected chi connectivity index (χ2v) is 7.18. The van der Waals surface area contributed by atoms with Crippen molar-refractivity contribution in [1.29, 1.82) is 0 Å². The zero-order chi connectivity index (χ0) is 18.7. The molecule has 0 spiro atoms. The van der Waals surface area contributed by atoms with Crippen LogP contribution in [0.15, 0.2) is 36.4 Å². The highest BCUT2D eigenvalue weighted by atomic mass is 35.5. The van der Waals surface area contributed by atoms with Gasteiger partial charge in [-0.25, -0.2) is 0 Å². The van der Waals surface area contributed by atoms with Gasteiger partial charge in [0, 0.05) is 5.56 Å². The number of aryl methyl sites for hydroxylation is 1. The van der Waals surface area contributed by atoms with Crippen LogP contribution >= 0.6 is 11.6 Å². The highest BCUT2D eigenvalue weighted by molar-refractivity contribution is 6.32. The van der Waals surface area contributed by atoms with E-state index in [2.05, 4.69) is 17.4 Å². The van der Waals surface area contributed by atoms with Gasteiger partial charge in [-0.2, -0.15) is 0 Å². The summed E-state index contributed by atoms with van der Waals surface area (Å²) in [5, 5.41) is 3.50. The van der Waals surface area contributed by atoms with Crippen LogP contribution in [0.3, 0.4) is 0 Å². The van der Waals surface area contributed by atoms with Crippen LogP contribution in [-0.2, 0) is 6.42 Å². The predicted molar refractivity (Wildman–Crippen MR) is 103 cm³/mol. The number of hydrogen-bond acceptors (Lipinski definition) is 3. The largest absolute Gasteiger partial charge is 0.493 e. The summed E-state index contributed by atoms with van der Waals surface area (Å²) in [6.07, 6.45) is 3.01. The number of carbonyl (C=O) groups excluding carboxylic acids is 1. The first-order valence-electron chi connectivity index (χ1n) is 8.92. The van der Waals surface area contributed by atoms with Crippen molar-refractivity contribution in [3.63, 3.8) is 0 Å². The van der Waals surface area contributed by atoms with Crippen molar-refractivity contribution in [2.24, 2.45) is 0 Å². The number of nitrogens with one attached hydrogen (secondary N) is 1. The normalized spacial score (nSPS) is 16.1. The Balaban J connectivity index is 1.84. The zero-order valence-electron chi connectivity index (χ0n) is 15.3. The van der Waals surface area contributed by atoms with E-state index in [1.54, 1.807) is 12.1 Å². The van der Waals surface area contributed by atoms with Gasteiger partial charge in [0.15, 0.2) is 11.5 Å². The Hall–Kier alpha value is -2.20. The molecule has 1 aliphatic rings. The molecule has 0 saturated heterocycles. The van der Waals surface area contributed by atoms with Crippen LogP contribution in [0.4, 0.5) is 0 Å². The summed E-state index contributed by atoms with van der Waals surface area (Å²) in [6.45, 7) is 3.83. The topological polar surface area (TPSA) is 47.6 Å². The number of hydrogen-bond donors (Lipinski definition) is 1. The number of halogens is 1. The summed E-state index contributed by atoms with van der Waals surface area (Å²) in [6, 6.07) is 11.6. The number of carbonyl (C=O) groups is 1. The fraction of sp³-hybridized carbons (Fsp3) is 0.381. The van der Waals surface area contributed by atoms with E-state index >= 15 is 0 Å². The fourth-order valence-electron chi connectivity index (χ4n) is 3.35. The molecule has 0 aliphatic heterocycles. The molecular formula is C21H24ClNO3. The first-order chi connectivity index (χ1) is 12.5. The molecule has 26 heavy (non-hydrogen) atoms. The molecule has 138 valence electrons. The summed E-state index contributed by atoms with van der Waals surface area (Å²) in [5.41, 5.74) is 2.97. The van der Waals surface area contributed by atoms with E-state index in [9.17, 15) is 4.79 Å². The zero-order valence-corrected chi connectivity index (χ0v) is 16.1. The Kier molecular flexibility index (Phi) is 5.72. The maximum Gasteiger partial charge on any atom is 0.251 e. The van der Waals surface area contributed by atoms with Gasteiger partial charge >= 0.3 is 0 Å². The second-order valence-electron chi connectivity index (χ2n) is 6.77. The molecule has 0 saturated carbocycles. The Morgan fingerprint density at radius 2 is 2.04 bits per heavy atom. The lowest BCUT2D eigenvalue weighted by Crippen LogP contribution is -2.31. The van der Waals surface area contributed by atoms with Crippen molar-refractivity contribution in [1.82, 2.24) is 5.32 Å². The van der Waals surface area contributed by atoms with Gasteiger partial charge in [-0.15, -0.1) is 0 Å². The summed E-state index contributed by atoms with van der Waals surface area (Å²) in [7, 11) is 1.54. The Morgan fingerprint density at radius 1 is 1.27 bits per heavy atom. The number of ether oxygens (including phenoxy) is 2. The first-order valence-corrected chi connectivity index (χ1v) is 9.30. The van der Waals surface area contributed by atoms with Crippen LogP contribution in [0.5, 0.6) is 11.5 Å². The molecule has 1 atom stereocenters. The molecule has 5 heteroatoms. The molecule has 0 heterocycles. The highest BCUT2D eigenvalue weighted by Gasteiger charge is 2.23. The Morgan fingerprint density at radius 3 is 2.77 bits per heavy atom. The van der Waals surface area contributed by atoms with Crippen LogP contribution in [0, 0.1) is 0 Å². The van der Waals surface area contributed by atoms with E-state index in [0.29, 0.717) is 22.1 Å². The van der Waals surface area contributed by atoms with Gasteiger partial charge in [0.05, 0.1) is 24.3 Å². The SMILES string of the molecule is COc1cc(C(=O)N[C@H]2CCCc3ccccc32)cc(Cl)c1OC(C)C. The number of rotatable bonds is 5. The number of benzene rings is 2. The molecule has 0 aromatic heterocycles. The minimum Gasteiger partial charge on any atom is -0.493 e. The third-order valence-electron chi connectivity index (χ3n) is 4.52. The minimum atomic E-state index is -0.164. The van der Waals surface area contributed by atoms with Crippen LogP contribution < -0.4 is 14.8 Å².